The molecule has 0 atom stereocenters. The Bertz CT molecular complexity index is 1670. The van der Waals surface area contributed by atoms with Gasteiger partial charge >= 0.3 is 0 Å². The number of halogens is 2. The van der Waals surface area contributed by atoms with Crippen LogP contribution in [0.1, 0.15) is 62.5 Å². The zero-order chi connectivity index (χ0) is 32.5. The molecule has 1 heterocycles. The number of unbranched alkanes of at least 4 members (excludes halogenated alkanes) is 5. The lowest BCUT2D eigenvalue weighted by Crippen LogP contribution is -2.28. The van der Waals surface area contributed by atoms with E-state index in [2.05, 4.69) is 17.6 Å². The van der Waals surface area contributed by atoms with Gasteiger partial charge < -0.3 is 14.2 Å². The first kappa shape index (κ1) is 33.4. The number of pyridine rings is 1. The Morgan fingerprint density at radius 3 is 2.13 bits per heavy atom. The first-order chi connectivity index (χ1) is 22.3. The van der Waals surface area contributed by atoms with E-state index in [-0.39, 0.29) is 36.0 Å². The zero-order valence-corrected chi connectivity index (χ0v) is 26.9. The third-order valence-corrected chi connectivity index (χ3v) is 8.79. The van der Waals surface area contributed by atoms with Crippen molar-refractivity contribution in [3.05, 3.63) is 89.6 Å². The summed E-state index contributed by atoms with van der Waals surface area (Å²) in [6.45, 7) is 0.564. The number of nitrogens with zero attached hydrogens (tertiary/aromatic N) is 1. The number of carbonyl (C=O) groups excluding carboxylic acids is 2. The van der Waals surface area contributed by atoms with Gasteiger partial charge in [0, 0.05) is 30.5 Å². The van der Waals surface area contributed by atoms with E-state index in [4.69, 9.17) is 14.2 Å². The van der Waals surface area contributed by atoms with E-state index in [0.717, 1.165) is 25.0 Å². The Kier molecular flexibility index (Phi) is 11.3. The van der Waals surface area contributed by atoms with E-state index in [9.17, 15) is 14.0 Å². The average Bonchev–Trinajstić information content (AvgIpc) is 3.87. The Morgan fingerprint density at radius 2 is 1.46 bits per heavy atom. The SMILES string of the molecule is COc1cc2c(Oc3ccc(CC(=O)C4(C(=O)Cc5ccc(F)cc5)CC4)cc3F)ccnc2cc1OCCCCCCCCS. The van der Waals surface area contributed by atoms with E-state index in [1.54, 1.807) is 49.7 Å². The molecule has 1 aliphatic carbocycles. The van der Waals surface area contributed by atoms with Crippen LogP contribution >= 0.6 is 12.6 Å². The minimum atomic E-state index is -1.05. The van der Waals surface area contributed by atoms with Gasteiger partial charge in [-0.1, -0.05) is 43.9 Å². The van der Waals surface area contributed by atoms with Gasteiger partial charge in [0.25, 0.3) is 0 Å². The quantitative estimate of drug-likeness (QED) is 0.0662. The summed E-state index contributed by atoms with van der Waals surface area (Å²) in [5, 5.41) is 0.630. The Labute approximate surface area is 273 Å². The van der Waals surface area contributed by atoms with Crippen molar-refractivity contribution in [2.75, 3.05) is 19.5 Å². The zero-order valence-electron chi connectivity index (χ0n) is 26.0. The van der Waals surface area contributed by atoms with Crippen LogP contribution in [-0.4, -0.2) is 36.0 Å². The number of hydrogen-bond acceptors (Lipinski definition) is 7. The third-order valence-electron chi connectivity index (χ3n) is 8.47. The van der Waals surface area contributed by atoms with Crippen molar-refractivity contribution < 1.29 is 32.6 Å². The summed E-state index contributed by atoms with van der Waals surface area (Å²) < 4.78 is 46.1. The van der Waals surface area contributed by atoms with Crippen LogP contribution < -0.4 is 14.2 Å². The number of rotatable bonds is 18. The van der Waals surface area contributed by atoms with Gasteiger partial charge in [-0.25, -0.2) is 8.78 Å². The van der Waals surface area contributed by atoms with Gasteiger partial charge in [-0.05, 0) is 79.0 Å². The molecule has 1 saturated carbocycles. The number of aromatic nitrogens is 1. The maximum Gasteiger partial charge on any atom is 0.166 e. The van der Waals surface area contributed by atoms with Crippen molar-refractivity contribution in [3.8, 4) is 23.0 Å². The number of hydrogen-bond donors (Lipinski definition) is 1. The summed E-state index contributed by atoms with van der Waals surface area (Å²) in [5.41, 5.74) is 0.674. The van der Waals surface area contributed by atoms with Gasteiger partial charge in [-0.2, -0.15) is 12.6 Å². The molecule has 5 rings (SSSR count). The van der Waals surface area contributed by atoms with Crippen molar-refractivity contribution in [1.29, 1.82) is 0 Å². The van der Waals surface area contributed by atoms with Crippen LogP contribution in [0.3, 0.4) is 0 Å². The Morgan fingerprint density at radius 1 is 0.783 bits per heavy atom. The van der Waals surface area contributed by atoms with Gasteiger partial charge in [0.2, 0.25) is 0 Å². The second-order valence-electron chi connectivity index (χ2n) is 11.8. The average molecular weight is 648 g/mol. The number of ketones is 2. The van der Waals surface area contributed by atoms with E-state index < -0.39 is 11.2 Å². The number of Topliss-reactive ketones (excluding diaryl/α,β-unsaturated/α-hetero) is 2. The molecule has 242 valence electrons. The van der Waals surface area contributed by atoms with Crippen LogP contribution in [0.5, 0.6) is 23.0 Å². The topological polar surface area (TPSA) is 74.7 Å². The maximum atomic E-state index is 15.3. The summed E-state index contributed by atoms with van der Waals surface area (Å²) >= 11 is 4.25. The van der Waals surface area contributed by atoms with Crippen molar-refractivity contribution in [2.45, 2.75) is 64.2 Å². The number of benzene rings is 3. The molecule has 0 radical (unpaired) electrons. The molecule has 0 unspecified atom stereocenters. The molecule has 9 heteroatoms. The van der Waals surface area contributed by atoms with Gasteiger partial charge in [0.05, 0.1) is 24.6 Å². The van der Waals surface area contributed by atoms with Gasteiger partial charge in [-0.3, -0.25) is 14.6 Å². The molecule has 0 bridgehead atoms. The summed E-state index contributed by atoms with van der Waals surface area (Å²) in [4.78, 5) is 30.6. The number of thiol groups is 1. The van der Waals surface area contributed by atoms with Gasteiger partial charge in [-0.15, -0.1) is 0 Å². The van der Waals surface area contributed by atoms with Crippen molar-refractivity contribution >= 4 is 35.1 Å². The monoisotopic (exact) mass is 647 g/mol. The molecule has 1 aromatic heterocycles. The standard InChI is InChI=1S/C37H39F2NO5S/c1-43-33-23-28-30(24-34(33)44-18-6-4-2-3-5-7-19-46)40-17-14-31(28)45-32-13-10-26(20-29(32)39)22-36(42)37(15-16-37)35(41)21-25-8-11-27(38)12-9-25/h8-14,17,20,23-24,46H,2-7,15-16,18-19,21-22H2,1H3. The summed E-state index contributed by atoms with van der Waals surface area (Å²) in [5.74, 6) is 0.990. The van der Waals surface area contributed by atoms with E-state index in [1.165, 1.54) is 43.5 Å². The highest BCUT2D eigenvalue weighted by Gasteiger charge is 2.54. The molecule has 4 aromatic rings. The number of carbonyl (C=O) groups is 2. The lowest BCUT2D eigenvalue weighted by atomic mass is 9.88. The first-order valence-electron chi connectivity index (χ1n) is 15.8. The van der Waals surface area contributed by atoms with Crippen LogP contribution in [0.15, 0.2) is 66.9 Å². The highest BCUT2D eigenvalue weighted by Crippen LogP contribution is 2.49. The van der Waals surface area contributed by atoms with Gasteiger partial charge in [0.15, 0.2) is 34.6 Å². The lowest BCUT2D eigenvalue weighted by molar-refractivity contribution is -0.133. The molecule has 3 aromatic carbocycles. The lowest BCUT2D eigenvalue weighted by Gasteiger charge is -2.15. The van der Waals surface area contributed by atoms with Crippen LogP contribution in [0.25, 0.3) is 10.9 Å². The van der Waals surface area contributed by atoms with Crippen LogP contribution in [0.4, 0.5) is 8.78 Å². The van der Waals surface area contributed by atoms with Crippen molar-refractivity contribution in [3.63, 3.8) is 0 Å². The largest absolute Gasteiger partial charge is 0.493 e. The van der Waals surface area contributed by atoms with E-state index in [0.29, 0.717) is 58.7 Å². The van der Waals surface area contributed by atoms with E-state index in [1.807, 2.05) is 0 Å². The Balaban J connectivity index is 1.21. The first-order valence-corrected chi connectivity index (χ1v) is 16.4. The minimum absolute atomic E-state index is 0.00844. The Hall–Kier alpha value is -3.98. The summed E-state index contributed by atoms with van der Waals surface area (Å²) in [6, 6.07) is 15.3. The fourth-order valence-corrected chi connectivity index (χ4v) is 5.82. The second-order valence-corrected chi connectivity index (χ2v) is 12.2. The number of ether oxygens (including phenoxy) is 3. The van der Waals surface area contributed by atoms with Crippen molar-refractivity contribution in [1.82, 2.24) is 4.98 Å². The molecule has 46 heavy (non-hydrogen) atoms. The second kappa shape index (κ2) is 15.5. The maximum absolute atomic E-state index is 15.3. The fraction of sp³-hybridized carbons (Fsp3) is 0.378. The highest BCUT2D eigenvalue weighted by atomic mass is 32.1. The van der Waals surface area contributed by atoms with Crippen LogP contribution in [0, 0.1) is 17.0 Å². The minimum Gasteiger partial charge on any atom is -0.493 e. The van der Waals surface area contributed by atoms with Crippen LogP contribution in [-0.2, 0) is 22.4 Å². The molecule has 0 aliphatic heterocycles. The summed E-state index contributed by atoms with van der Waals surface area (Å²) in [7, 11) is 1.56. The number of methoxy groups -OCH3 is 1. The van der Waals surface area contributed by atoms with E-state index >= 15 is 4.39 Å². The molecule has 1 aliphatic rings. The molecule has 0 amide bonds. The molecular formula is C37H39F2NO5S. The third kappa shape index (κ3) is 8.23. The highest BCUT2D eigenvalue weighted by molar-refractivity contribution is 7.80. The number of fused-ring (bicyclic) bond motifs is 1. The molecule has 1 fully saturated rings. The molecular weight excluding hydrogens is 608 g/mol. The molecule has 0 spiro atoms. The normalized spacial score (nSPS) is 13.4. The smallest absolute Gasteiger partial charge is 0.166 e. The molecule has 0 saturated heterocycles. The molecule has 6 nitrogen and oxygen atoms in total. The van der Waals surface area contributed by atoms with Crippen molar-refractivity contribution in [2.24, 2.45) is 5.41 Å². The predicted octanol–water partition coefficient (Wildman–Crippen LogP) is 8.67. The predicted molar refractivity (Wildman–Crippen MR) is 177 cm³/mol. The molecule has 0 N–H and O–H groups in total. The summed E-state index contributed by atoms with van der Waals surface area (Å²) in [6.07, 6.45) is 9.27. The van der Waals surface area contributed by atoms with Gasteiger partial charge in [0.1, 0.15) is 11.6 Å². The fourth-order valence-electron chi connectivity index (χ4n) is 5.60. The van der Waals surface area contributed by atoms with Crippen LogP contribution in [0.2, 0.25) is 0 Å².